The lowest BCUT2D eigenvalue weighted by Crippen LogP contribution is -2.19. The molecule has 140 valence electrons. The first kappa shape index (κ1) is 18.6. The molecule has 1 heterocycles. The summed E-state index contributed by atoms with van der Waals surface area (Å²) in [7, 11) is 0. The molecule has 3 rings (SSSR count). The molecule has 0 saturated heterocycles. The summed E-state index contributed by atoms with van der Waals surface area (Å²) in [6.45, 7) is 0. The van der Waals surface area contributed by atoms with Gasteiger partial charge < -0.3 is 16.6 Å². The number of hydrogen-bond donors (Lipinski definition) is 3. The number of rotatable bonds is 2. The fourth-order valence-electron chi connectivity index (χ4n) is 3.94. The van der Waals surface area contributed by atoms with E-state index in [-0.39, 0.29) is 5.75 Å². The van der Waals surface area contributed by atoms with E-state index in [4.69, 9.17) is 11.5 Å². The zero-order valence-electron chi connectivity index (χ0n) is 15.4. The van der Waals surface area contributed by atoms with Gasteiger partial charge >= 0.3 is 0 Å². The summed E-state index contributed by atoms with van der Waals surface area (Å²) >= 11 is 0. The average Bonchev–Trinajstić information content (AvgIpc) is 2.68. The Kier molecular flexibility index (Phi) is 6.45. The van der Waals surface area contributed by atoms with Gasteiger partial charge in [0.25, 0.3) is 0 Å². The third-order valence-electron chi connectivity index (χ3n) is 5.48. The highest BCUT2D eigenvalue weighted by Gasteiger charge is 2.19. The maximum absolute atomic E-state index is 10.1. The Balaban J connectivity index is 1.83. The Labute approximate surface area is 155 Å². The zero-order chi connectivity index (χ0) is 18.4. The smallest absolute Gasteiger partial charge is 0.149 e. The van der Waals surface area contributed by atoms with Gasteiger partial charge in [-0.05, 0) is 49.8 Å². The number of phenolic OH excluding ortho intramolecular Hbond substituents is 1. The highest BCUT2D eigenvalue weighted by molar-refractivity contribution is 5.67. The number of aromatic nitrogens is 2. The van der Waals surface area contributed by atoms with Crippen LogP contribution in [0.25, 0.3) is 11.3 Å². The topological polar surface area (TPSA) is 98.0 Å². The van der Waals surface area contributed by atoms with Crippen molar-refractivity contribution < 1.29 is 5.11 Å². The molecule has 0 spiro atoms. The molecule has 0 bridgehead atoms. The highest BCUT2D eigenvalue weighted by Crippen LogP contribution is 2.35. The lowest BCUT2D eigenvalue weighted by molar-refractivity contribution is 0.477. The summed E-state index contributed by atoms with van der Waals surface area (Å²) in [5.74, 6) is 1.12. The Morgan fingerprint density at radius 2 is 1.54 bits per heavy atom. The second kappa shape index (κ2) is 8.99. The Hall–Kier alpha value is -2.14. The first-order valence-corrected chi connectivity index (χ1v) is 9.82. The molecule has 2 unspecified atom stereocenters. The molecule has 2 aromatic rings. The van der Waals surface area contributed by atoms with E-state index in [0.29, 0.717) is 29.0 Å². The number of phenols is 1. The van der Waals surface area contributed by atoms with Gasteiger partial charge in [-0.1, -0.05) is 44.2 Å². The molecule has 0 aliphatic heterocycles. The summed E-state index contributed by atoms with van der Waals surface area (Å²) in [6, 6.07) is 9.60. The molecule has 26 heavy (non-hydrogen) atoms. The molecule has 0 radical (unpaired) electrons. The van der Waals surface area contributed by atoms with Crippen LogP contribution in [0.2, 0.25) is 0 Å². The third kappa shape index (κ3) is 4.73. The van der Waals surface area contributed by atoms with Gasteiger partial charge in [-0.25, -0.2) is 0 Å². The number of para-hydroxylation sites is 1. The van der Waals surface area contributed by atoms with E-state index in [1.165, 1.54) is 25.7 Å². The van der Waals surface area contributed by atoms with Crippen molar-refractivity contribution in [3.8, 4) is 17.0 Å². The van der Waals surface area contributed by atoms with Crippen LogP contribution >= 0.6 is 0 Å². The number of benzene rings is 1. The molecule has 1 aliphatic rings. The molecule has 5 nitrogen and oxygen atoms in total. The Bertz CT molecular complexity index is 719. The number of nitrogens with two attached hydrogens (primary N) is 2. The minimum atomic E-state index is 0.217. The fourth-order valence-corrected chi connectivity index (χ4v) is 3.94. The number of nitrogens with zero attached hydrogens (tertiary/aromatic N) is 2. The second-order valence-corrected chi connectivity index (χ2v) is 7.47. The van der Waals surface area contributed by atoms with Crippen LogP contribution < -0.4 is 11.5 Å². The minimum absolute atomic E-state index is 0.217. The predicted molar refractivity (Wildman–Crippen MR) is 106 cm³/mol. The predicted octanol–water partition coefficient (Wildman–Crippen LogP) is 4.37. The quantitative estimate of drug-likeness (QED) is 0.744. The molecule has 1 saturated carbocycles. The van der Waals surface area contributed by atoms with E-state index in [9.17, 15) is 5.11 Å². The van der Waals surface area contributed by atoms with Crippen molar-refractivity contribution in [1.29, 1.82) is 0 Å². The van der Waals surface area contributed by atoms with Crippen molar-refractivity contribution in [2.24, 2.45) is 5.73 Å². The normalized spacial score (nSPS) is 22.5. The van der Waals surface area contributed by atoms with Crippen LogP contribution in [0.15, 0.2) is 30.3 Å². The number of nitrogen functional groups attached to an aromatic ring is 1. The van der Waals surface area contributed by atoms with Crippen LogP contribution in [0, 0.1) is 0 Å². The van der Waals surface area contributed by atoms with E-state index in [1.807, 2.05) is 18.2 Å². The van der Waals surface area contributed by atoms with Gasteiger partial charge in [0.05, 0.1) is 5.69 Å². The van der Waals surface area contributed by atoms with Gasteiger partial charge in [0.1, 0.15) is 11.6 Å². The van der Waals surface area contributed by atoms with Gasteiger partial charge in [0, 0.05) is 17.2 Å². The van der Waals surface area contributed by atoms with Crippen LogP contribution in [-0.2, 0) is 0 Å². The lowest BCUT2D eigenvalue weighted by atomic mass is 9.88. The van der Waals surface area contributed by atoms with Crippen molar-refractivity contribution >= 4 is 5.82 Å². The molecule has 2 atom stereocenters. The van der Waals surface area contributed by atoms with Crippen molar-refractivity contribution in [3.05, 3.63) is 35.9 Å². The first-order valence-electron chi connectivity index (χ1n) is 9.82. The first-order chi connectivity index (χ1) is 12.6. The molecule has 5 N–H and O–H groups in total. The SMILES string of the molecule is Nc1nnc(-c2ccccc2O)cc1C1CCCCCC(N)CCCC1. The molecule has 1 aromatic carbocycles. The van der Waals surface area contributed by atoms with Gasteiger partial charge in [-0.2, -0.15) is 0 Å². The molecular formula is C21H30N4O. The zero-order valence-corrected chi connectivity index (χ0v) is 15.4. The van der Waals surface area contributed by atoms with Crippen molar-refractivity contribution in [2.75, 3.05) is 5.73 Å². The Morgan fingerprint density at radius 3 is 2.31 bits per heavy atom. The van der Waals surface area contributed by atoms with E-state index in [1.54, 1.807) is 12.1 Å². The largest absolute Gasteiger partial charge is 0.507 e. The lowest BCUT2D eigenvalue weighted by Gasteiger charge is -2.19. The van der Waals surface area contributed by atoms with E-state index in [2.05, 4.69) is 10.2 Å². The Morgan fingerprint density at radius 1 is 0.885 bits per heavy atom. The molecule has 1 aliphatic carbocycles. The van der Waals surface area contributed by atoms with Crippen LogP contribution in [0.3, 0.4) is 0 Å². The monoisotopic (exact) mass is 354 g/mol. The number of anilines is 1. The fraction of sp³-hybridized carbons (Fsp3) is 0.524. The van der Waals surface area contributed by atoms with Gasteiger partial charge in [0.2, 0.25) is 0 Å². The van der Waals surface area contributed by atoms with Crippen LogP contribution in [-0.4, -0.2) is 21.3 Å². The van der Waals surface area contributed by atoms with Gasteiger partial charge in [0.15, 0.2) is 0 Å². The van der Waals surface area contributed by atoms with Gasteiger partial charge in [-0.15, -0.1) is 10.2 Å². The van der Waals surface area contributed by atoms with E-state index in [0.717, 1.165) is 37.7 Å². The minimum Gasteiger partial charge on any atom is -0.507 e. The number of aromatic hydroxyl groups is 1. The highest BCUT2D eigenvalue weighted by atomic mass is 16.3. The van der Waals surface area contributed by atoms with Crippen molar-refractivity contribution in [2.45, 2.75) is 69.7 Å². The number of hydrogen-bond acceptors (Lipinski definition) is 5. The molecule has 1 fully saturated rings. The summed E-state index contributed by atoms with van der Waals surface area (Å²) in [6.07, 6.45) is 10.4. The average molecular weight is 354 g/mol. The third-order valence-corrected chi connectivity index (χ3v) is 5.48. The van der Waals surface area contributed by atoms with Crippen LogP contribution in [0.1, 0.15) is 69.3 Å². The summed E-state index contributed by atoms with van der Waals surface area (Å²) < 4.78 is 0. The standard InChI is InChI=1S/C21H30N4O/c22-16-10-3-1-2-8-15(9-4-5-11-16)18-14-19(24-25-21(18)23)17-12-6-7-13-20(17)26/h6-7,12-16,26H,1-5,8-11,22H2,(H2,23,25). The van der Waals surface area contributed by atoms with Crippen LogP contribution in [0.5, 0.6) is 5.75 Å². The maximum Gasteiger partial charge on any atom is 0.149 e. The maximum atomic E-state index is 10.1. The van der Waals surface area contributed by atoms with Gasteiger partial charge in [-0.3, -0.25) is 0 Å². The van der Waals surface area contributed by atoms with Crippen LogP contribution in [0.4, 0.5) is 5.82 Å². The molecule has 1 aromatic heterocycles. The van der Waals surface area contributed by atoms with Crippen molar-refractivity contribution in [3.63, 3.8) is 0 Å². The second-order valence-electron chi connectivity index (χ2n) is 7.47. The molecule has 5 heteroatoms. The summed E-state index contributed by atoms with van der Waals surface area (Å²) in [5, 5.41) is 18.5. The van der Waals surface area contributed by atoms with E-state index >= 15 is 0 Å². The molecular weight excluding hydrogens is 324 g/mol. The summed E-state index contributed by atoms with van der Waals surface area (Å²) in [5.41, 5.74) is 14.8. The summed E-state index contributed by atoms with van der Waals surface area (Å²) in [4.78, 5) is 0. The van der Waals surface area contributed by atoms with E-state index < -0.39 is 0 Å². The van der Waals surface area contributed by atoms with Crippen molar-refractivity contribution in [1.82, 2.24) is 10.2 Å². The molecule has 0 amide bonds.